The number of carbonyl (C=O) groups excluding carboxylic acids is 2. The quantitative estimate of drug-likeness (QED) is 0.468. The zero-order valence-electron chi connectivity index (χ0n) is 15.7. The van der Waals surface area contributed by atoms with Gasteiger partial charge in [0.25, 0.3) is 0 Å². The van der Waals surface area contributed by atoms with E-state index in [0.29, 0.717) is 5.56 Å². The number of Topliss-reactive ketones (excluding diaryl/α,β-unsaturated/α-hetero) is 1. The average molecular weight is 370 g/mol. The molecule has 1 aliphatic heterocycles. The lowest BCUT2D eigenvalue weighted by Gasteiger charge is -2.40. The summed E-state index contributed by atoms with van der Waals surface area (Å²) >= 11 is 0. The lowest BCUT2D eigenvalue weighted by atomic mass is 9.69. The predicted octanol–water partition coefficient (Wildman–Crippen LogP) is 5.20. The van der Waals surface area contributed by atoms with Gasteiger partial charge in [-0.2, -0.15) is 0 Å². The molecule has 1 fully saturated rings. The molecule has 0 aromatic heterocycles. The minimum absolute atomic E-state index is 0.00246. The van der Waals surface area contributed by atoms with E-state index in [4.69, 9.17) is 4.74 Å². The van der Waals surface area contributed by atoms with E-state index in [0.717, 1.165) is 11.1 Å². The van der Waals surface area contributed by atoms with Crippen LogP contribution >= 0.6 is 0 Å². The zero-order valence-corrected chi connectivity index (χ0v) is 15.7. The van der Waals surface area contributed by atoms with Gasteiger partial charge in [0.15, 0.2) is 5.78 Å². The molecule has 140 valence electrons. The summed E-state index contributed by atoms with van der Waals surface area (Å²) in [5, 5.41) is 0. The second-order valence-corrected chi connectivity index (χ2v) is 7.25. The molecule has 0 spiro atoms. The molecule has 3 heteroatoms. The monoisotopic (exact) mass is 370 g/mol. The summed E-state index contributed by atoms with van der Waals surface area (Å²) < 4.78 is 5.83. The first-order valence-electron chi connectivity index (χ1n) is 9.56. The van der Waals surface area contributed by atoms with Gasteiger partial charge in [-0.3, -0.25) is 9.59 Å². The zero-order chi connectivity index (χ0) is 19.5. The molecule has 0 N–H and O–H groups in total. The van der Waals surface area contributed by atoms with Crippen LogP contribution in [0.25, 0.3) is 0 Å². The second-order valence-electron chi connectivity index (χ2n) is 7.25. The van der Waals surface area contributed by atoms with Crippen LogP contribution in [0.15, 0.2) is 91.0 Å². The number of hydrogen-bond donors (Lipinski definition) is 0. The molecule has 1 saturated heterocycles. The van der Waals surface area contributed by atoms with E-state index in [1.54, 1.807) is 0 Å². The van der Waals surface area contributed by atoms with Gasteiger partial charge in [-0.05, 0) is 11.1 Å². The number of rotatable bonds is 4. The Kier molecular flexibility index (Phi) is 5.07. The van der Waals surface area contributed by atoms with Crippen molar-refractivity contribution in [3.63, 3.8) is 0 Å². The Morgan fingerprint density at radius 3 is 1.82 bits per heavy atom. The maximum absolute atomic E-state index is 13.6. The van der Waals surface area contributed by atoms with Gasteiger partial charge >= 0.3 is 5.97 Å². The van der Waals surface area contributed by atoms with E-state index in [9.17, 15) is 9.59 Å². The third-order valence-electron chi connectivity index (χ3n) is 5.54. The maximum Gasteiger partial charge on any atom is 0.309 e. The topological polar surface area (TPSA) is 43.4 Å². The fraction of sp³-hybridized carbons (Fsp3) is 0.200. The van der Waals surface area contributed by atoms with Gasteiger partial charge in [0, 0.05) is 11.5 Å². The van der Waals surface area contributed by atoms with E-state index in [-0.39, 0.29) is 17.7 Å². The normalized spacial score (nSPS) is 24.4. The van der Waals surface area contributed by atoms with Crippen LogP contribution in [0.5, 0.6) is 0 Å². The number of ketones is 1. The molecule has 28 heavy (non-hydrogen) atoms. The van der Waals surface area contributed by atoms with Crippen LogP contribution < -0.4 is 0 Å². The molecule has 4 atom stereocenters. The molecular formula is C25H22O3. The highest BCUT2D eigenvalue weighted by atomic mass is 16.5. The highest BCUT2D eigenvalue weighted by Gasteiger charge is 2.48. The number of ether oxygens (including phenoxy) is 1. The Labute approximate surface area is 165 Å². The minimum atomic E-state index is -0.609. The third kappa shape index (κ3) is 3.36. The Morgan fingerprint density at radius 2 is 1.25 bits per heavy atom. The average Bonchev–Trinajstić information content (AvgIpc) is 2.76. The van der Waals surface area contributed by atoms with Crippen molar-refractivity contribution >= 4 is 11.8 Å². The second kappa shape index (κ2) is 7.81. The SMILES string of the molecule is C[C@@H]1C(=O)O[C@@H](c2ccccc2)[C@H](C(=O)c2ccccc2)[C@H]1c1ccccc1. The molecule has 0 unspecified atom stereocenters. The standard InChI is InChI=1S/C25H22O3/c1-17-21(18-11-5-2-6-12-18)22(23(26)19-13-7-3-8-14-19)24(28-25(17)27)20-15-9-4-10-16-20/h2-17,21-22,24H,1H3/t17-,21+,22-,24-/m0/s1. The fourth-order valence-electron chi connectivity index (χ4n) is 4.14. The van der Waals surface area contributed by atoms with E-state index >= 15 is 0 Å². The van der Waals surface area contributed by atoms with Gasteiger partial charge in [0.05, 0.1) is 11.8 Å². The van der Waals surface area contributed by atoms with E-state index < -0.39 is 17.9 Å². The van der Waals surface area contributed by atoms with Gasteiger partial charge in [-0.15, -0.1) is 0 Å². The molecule has 0 aliphatic carbocycles. The third-order valence-corrected chi connectivity index (χ3v) is 5.54. The fourth-order valence-corrected chi connectivity index (χ4v) is 4.14. The first kappa shape index (κ1) is 18.2. The van der Waals surface area contributed by atoms with Crippen molar-refractivity contribution in [3.05, 3.63) is 108 Å². The van der Waals surface area contributed by atoms with Crippen molar-refractivity contribution in [2.75, 3.05) is 0 Å². The van der Waals surface area contributed by atoms with Crippen molar-refractivity contribution in [2.24, 2.45) is 11.8 Å². The van der Waals surface area contributed by atoms with Crippen LogP contribution in [0.3, 0.4) is 0 Å². The van der Waals surface area contributed by atoms with E-state index in [1.165, 1.54) is 0 Å². The lowest BCUT2D eigenvalue weighted by molar-refractivity contribution is -0.165. The number of cyclic esters (lactones) is 1. The molecule has 1 aliphatic rings. The molecule has 0 bridgehead atoms. The first-order valence-corrected chi connectivity index (χ1v) is 9.56. The Bertz CT molecular complexity index is 951. The summed E-state index contributed by atoms with van der Waals surface area (Å²) in [6.45, 7) is 1.85. The Morgan fingerprint density at radius 1 is 0.750 bits per heavy atom. The molecular weight excluding hydrogens is 348 g/mol. The Hall–Kier alpha value is -3.20. The summed E-state index contributed by atoms with van der Waals surface area (Å²) in [7, 11) is 0. The van der Waals surface area contributed by atoms with Crippen molar-refractivity contribution in [1.29, 1.82) is 0 Å². The van der Waals surface area contributed by atoms with Crippen LogP contribution in [0.2, 0.25) is 0 Å². The van der Waals surface area contributed by atoms with Crippen LogP contribution in [-0.2, 0) is 9.53 Å². The predicted molar refractivity (Wildman–Crippen MR) is 108 cm³/mol. The number of hydrogen-bond acceptors (Lipinski definition) is 3. The molecule has 1 heterocycles. The van der Waals surface area contributed by atoms with Crippen LogP contribution in [0, 0.1) is 11.8 Å². The maximum atomic E-state index is 13.6. The number of benzene rings is 3. The Balaban J connectivity index is 1.85. The van der Waals surface area contributed by atoms with Gasteiger partial charge in [-0.1, -0.05) is 97.9 Å². The molecule has 0 saturated carbocycles. The van der Waals surface area contributed by atoms with Crippen LogP contribution in [0.1, 0.15) is 40.4 Å². The van der Waals surface area contributed by atoms with Gasteiger partial charge < -0.3 is 4.74 Å². The van der Waals surface area contributed by atoms with Crippen LogP contribution in [0.4, 0.5) is 0 Å². The molecule has 3 aromatic rings. The van der Waals surface area contributed by atoms with Crippen LogP contribution in [-0.4, -0.2) is 11.8 Å². The first-order chi connectivity index (χ1) is 13.7. The van der Waals surface area contributed by atoms with Gasteiger partial charge in [0.2, 0.25) is 0 Å². The summed E-state index contributed by atoms with van der Waals surface area (Å²) in [6.07, 6.45) is -0.609. The number of esters is 1. The molecule has 3 aromatic carbocycles. The van der Waals surface area contributed by atoms with Crippen molar-refractivity contribution < 1.29 is 14.3 Å². The number of carbonyl (C=O) groups is 2. The van der Waals surface area contributed by atoms with Gasteiger partial charge in [-0.25, -0.2) is 0 Å². The smallest absolute Gasteiger partial charge is 0.309 e. The van der Waals surface area contributed by atoms with Crippen molar-refractivity contribution in [1.82, 2.24) is 0 Å². The lowest BCUT2D eigenvalue weighted by Crippen LogP contribution is -2.42. The van der Waals surface area contributed by atoms with E-state index in [1.807, 2.05) is 97.9 Å². The minimum Gasteiger partial charge on any atom is -0.456 e. The van der Waals surface area contributed by atoms with Gasteiger partial charge in [0.1, 0.15) is 6.10 Å². The summed E-state index contributed by atoms with van der Waals surface area (Å²) in [6, 6.07) is 28.7. The molecule has 3 nitrogen and oxygen atoms in total. The molecule has 4 rings (SSSR count). The highest BCUT2D eigenvalue weighted by Crippen LogP contribution is 2.47. The van der Waals surface area contributed by atoms with E-state index in [2.05, 4.69) is 0 Å². The largest absolute Gasteiger partial charge is 0.456 e. The van der Waals surface area contributed by atoms with Crippen molar-refractivity contribution in [2.45, 2.75) is 18.9 Å². The molecule has 0 radical (unpaired) electrons. The summed E-state index contributed by atoms with van der Waals surface area (Å²) in [4.78, 5) is 26.4. The summed E-state index contributed by atoms with van der Waals surface area (Å²) in [5.74, 6) is -1.40. The highest BCUT2D eigenvalue weighted by molar-refractivity contribution is 6.00. The molecule has 0 amide bonds. The summed E-state index contributed by atoms with van der Waals surface area (Å²) in [5.41, 5.74) is 2.47. The van der Waals surface area contributed by atoms with Crippen molar-refractivity contribution in [3.8, 4) is 0 Å².